The van der Waals surface area contributed by atoms with Crippen molar-refractivity contribution in [3.63, 3.8) is 0 Å². The van der Waals surface area contributed by atoms with E-state index in [9.17, 15) is 19.7 Å². The zero-order valence-corrected chi connectivity index (χ0v) is 24.7. The highest BCUT2D eigenvalue weighted by atomic mass is 32.2. The number of benzene rings is 2. The molecule has 0 spiro atoms. The molecule has 1 N–H and O–H groups in total. The quantitative estimate of drug-likeness (QED) is 0.0885. The Hall–Kier alpha value is -3.50. The second-order valence-electron chi connectivity index (χ2n) is 9.74. The van der Waals surface area contributed by atoms with Crippen LogP contribution in [0, 0.1) is 16.0 Å². The van der Waals surface area contributed by atoms with Crippen molar-refractivity contribution >= 4 is 35.1 Å². The van der Waals surface area contributed by atoms with Crippen LogP contribution in [0.15, 0.2) is 69.7 Å². The maximum absolute atomic E-state index is 13.5. The lowest BCUT2D eigenvalue weighted by molar-refractivity contribution is -0.384. The summed E-state index contributed by atoms with van der Waals surface area (Å²) >= 11 is 1.64. The molecule has 1 aliphatic heterocycles. The molecule has 220 valence electrons. The number of ether oxygens (including phenoxy) is 2. The van der Waals surface area contributed by atoms with Crippen molar-refractivity contribution in [1.29, 1.82) is 0 Å². The maximum atomic E-state index is 13.5. The monoisotopic (exact) mass is 582 g/mol. The number of carbonyl (C=O) groups is 2. The summed E-state index contributed by atoms with van der Waals surface area (Å²) < 4.78 is 11.3. The molecule has 0 saturated carbocycles. The topological polar surface area (TPSA) is 128 Å². The van der Waals surface area contributed by atoms with Crippen LogP contribution in [0.3, 0.4) is 0 Å². The minimum absolute atomic E-state index is 0.113. The van der Waals surface area contributed by atoms with E-state index in [1.165, 1.54) is 12.1 Å². The molecule has 0 bridgehead atoms. The van der Waals surface area contributed by atoms with Crippen molar-refractivity contribution in [2.75, 3.05) is 25.6 Å². The van der Waals surface area contributed by atoms with Crippen LogP contribution in [0.5, 0.6) is 0 Å². The number of aliphatic hydroxyl groups is 1. The molecule has 41 heavy (non-hydrogen) atoms. The molecule has 1 heterocycles. The molecular weight excluding hydrogens is 544 g/mol. The van der Waals surface area contributed by atoms with Crippen LogP contribution in [-0.4, -0.2) is 53.3 Å². The Bertz CT molecular complexity index is 1270. The fourth-order valence-corrected chi connectivity index (χ4v) is 5.57. The first-order valence-electron chi connectivity index (χ1n) is 14.0. The van der Waals surface area contributed by atoms with Crippen LogP contribution in [0.2, 0.25) is 0 Å². The van der Waals surface area contributed by atoms with Gasteiger partial charge in [-0.15, -0.1) is 11.8 Å². The lowest BCUT2D eigenvalue weighted by atomic mass is 9.74. The average Bonchev–Trinajstić information content (AvgIpc) is 2.97. The van der Waals surface area contributed by atoms with Gasteiger partial charge < -0.3 is 14.6 Å². The second-order valence-corrected chi connectivity index (χ2v) is 10.9. The lowest BCUT2D eigenvalue weighted by Gasteiger charge is -2.32. The van der Waals surface area contributed by atoms with Gasteiger partial charge in [-0.1, -0.05) is 44.5 Å². The van der Waals surface area contributed by atoms with Gasteiger partial charge >= 0.3 is 11.9 Å². The Morgan fingerprint density at radius 2 is 1.80 bits per heavy atom. The van der Waals surface area contributed by atoms with E-state index in [1.807, 2.05) is 38.1 Å². The van der Waals surface area contributed by atoms with E-state index >= 15 is 0 Å². The third kappa shape index (κ3) is 8.74. The zero-order valence-electron chi connectivity index (χ0n) is 23.8. The highest BCUT2D eigenvalue weighted by Crippen LogP contribution is 2.41. The number of rotatable bonds is 15. The summed E-state index contributed by atoms with van der Waals surface area (Å²) in [6.07, 6.45) is 3.23. The smallest absolute Gasteiger partial charge is 0.336 e. The minimum Gasteiger partial charge on any atom is -0.465 e. The van der Waals surface area contributed by atoms with Crippen LogP contribution >= 0.6 is 11.8 Å². The minimum atomic E-state index is -0.894. The third-order valence-corrected chi connectivity index (χ3v) is 7.94. The van der Waals surface area contributed by atoms with Gasteiger partial charge in [-0.25, -0.2) is 4.79 Å². The van der Waals surface area contributed by atoms with Crippen LogP contribution in [-0.2, 0) is 25.5 Å². The van der Waals surface area contributed by atoms with E-state index in [1.54, 1.807) is 30.8 Å². The first-order chi connectivity index (χ1) is 19.8. The number of hydrogen-bond acceptors (Lipinski definition) is 9. The Morgan fingerprint density at radius 3 is 2.46 bits per heavy atom. The largest absolute Gasteiger partial charge is 0.465 e. The molecule has 2 unspecified atom stereocenters. The number of nitro benzene ring substituents is 1. The number of unbranched alkanes of at least 4 members (excludes halogenated alkanes) is 1. The second kappa shape index (κ2) is 16.1. The number of esters is 2. The number of nitro groups is 1. The molecule has 0 saturated heterocycles. The number of hydrogen-bond donors (Lipinski definition) is 1. The van der Waals surface area contributed by atoms with Gasteiger partial charge in [-0.2, -0.15) is 0 Å². The summed E-state index contributed by atoms with van der Waals surface area (Å²) in [7, 11) is 0. The van der Waals surface area contributed by atoms with Crippen molar-refractivity contribution in [3.8, 4) is 0 Å². The first kappa shape index (κ1) is 32.0. The van der Waals surface area contributed by atoms with Gasteiger partial charge in [0.25, 0.3) is 5.69 Å². The highest BCUT2D eigenvalue weighted by molar-refractivity contribution is 7.99. The summed E-state index contributed by atoms with van der Waals surface area (Å²) in [6.45, 7) is 6.10. The molecule has 10 heteroatoms. The van der Waals surface area contributed by atoms with Gasteiger partial charge in [0.15, 0.2) is 0 Å². The van der Waals surface area contributed by atoms with Crippen molar-refractivity contribution in [1.82, 2.24) is 0 Å². The van der Waals surface area contributed by atoms with Gasteiger partial charge in [0.1, 0.15) is 5.92 Å². The van der Waals surface area contributed by atoms with E-state index in [4.69, 9.17) is 14.6 Å². The van der Waals surface area contributed by atoms with Gasteiger partial charge in [0.05, 0.1) is 23.7 Å². The van der Waals surface area contributed by atoms with Gasteiger partial charge in [0.2, 0.25) is 0 Å². The van der Waals surface area contributed by atoms with Crippen molar-refractivity contribution < 1.29 is 29.1 Å². The molecule has 9 nitrogen and oxygen atoms in total. The van der Waals surface area contributed by atoms with Gasteiger partial charge in [-0.3, -0.25) is 19.9 Å². The SMILES string of the molecule is CCCCOC(=O)C1C(CC)=NC(C)=C(C(=O)OCCCSc2ccc(CCO)cc2)C1c1cccc([N+](=O)[O-])c1. The predicted molar refractivity (Wildman–Crippen MR) is 159 cm³/mol. The van der Waals surface area contributed by atoms with Crippen LogP contribution in [0.4, 0.5) is 5.69 Å². The normalized spacial score (nSPS) is 16.7. The fourth-order valence-electron chi connectivity index (χ4n) is 4.75. The Morgan fingerprint density at radius 1 is 1.07 bits per heavy atom. The number of aliphatic hydroxyl groups excluding tert-OH is 1. The molecule has 3 rings (SSSR count). The van der Waals surface area contributed by atoms with E-state index in [2.05, 4.69) is 4.99 Å². The molecule has 0 aromatic heterocycles. The molecule has 0 radical (unpaired) electrons. The number of nitrogens with zero attached hydrogens (tertiary/aromatic N) is 2. The van der Waals surface area contributed by atoms with E-state index in [0.717, 1.165) is 22.6 Å². The van der Waals surface area contributed by atoms with Gasteiger partial charge in [0, 0.05) is 46.7 Å². The summed E-state index contributed by atoms with van der Waals surface area (Å²) in [5.74, 6) is -2.09. The van der Waals surface area contributed by atoms with Crippen molar-refractivity contribution in [2.45, 2.75) is 63.7 Å². The molecule has 0 amide bonds. The molecule has 2 aromatic rings. The average molecular weight is 583 g/mol. The molecule has 0 fully saturated rings. The Labute approximate surface area is 245 Å². The number of aliphatic imine (C=N–C) groups is 1. The number of non-ortho nitro benzene ring substituents is 1. The summed E-state index contributed by atoms with van der Waals surface area (Å²) in [5.41, 5.74) is 2.61. The molecular formula is C31H38N2O7S. The molecule has 0 aliphatic carbocycles. The Kier molecular flexibility index (Phi) is 12.6. The number of allylic oxidation sites excluding steroid dienone is 1. The van der Waals surface area contributed by atoms with Crippen LogP contribution < -0.4 is 0 Å². The molecule has 2 aromatic carbocycles. The van der Waals surface area contributed by atoms with Crippen molar-refractivity contribution in [3.05, 3.63) is 81.0 Å². The highest BCUT2D eigenvalue weighted by Gasteiger charge is 2.43. The van der Waals surface area contributed by atoms with Crippen molar-refractivity contribution in [2.24, 2.45) is 10.9 Å². The third-order valence-electron chi connectivity index (χ3n) is 6.84. The first-order valence-corrected chi connectivity index (χ1v) is 15.0. The molecule has 1 aliphatic rings. The van der Waals surface area contributed by atoms with Crippen LogP contribution in [0.1, 0.15) is 63.5 Å². The lowest BCUT2D eigenvalue weighted by Crippen LogP contribution is -2.37. The zero-order chi connectivity index (χ0) is 29.8. The predicted octanol–water partition coefficient (Wildman–Crippen LogP) is 6.04. The van der Waals surface area contributed by atoms with E-state index in [-0.39, 0.29) is 31.1 Å². The number of thioether (sulfide) groups is 1. The standard InChI is InChI=1S/C31H38N2O7S/c1-4-6-17-39-31(36)29-26(5-2)32-21(3)27(28(29)23-9-7-10-24(20-23)33(37)38)30(35)40-18-8-19-41-25-13-11-22(12-14-25)15-16-34/h7,9-14,20,28-29,34H,4-6,8,15-19H2,1-3H3. The Balaban J connectivity index is 1.79. The summed E-state index contributed by atoms with van der Waals surface area (Å²) in [5, 5.41) is 20.6. The van der Waals surface area contributed by atoms with Crippen LogP contribution in [0.25, 0.3) is 0 Å². The number of carbonyl (C=O) groups excluding carboxylic acids is 2. The maximum Gasteiger partial charge on any atom is 0.336 e. The summed E-state index contributed by atoms with van der Waals surface area (Å²) in [4.78, 5) is 43.6. The summed E-state index contributed by atoms with van der Waals surface area (Å²) in [6, 6.07) is 14.0. The fraction of sp³-hybridized carbons (Fsp3) is 0.452. The van der Waals surface area contributed by atoms with Gasteiger partial charge in [-0.05, 0) is 55.9 Å². The van der Waals surface area contributed by atoms with E-state index < -0.39 is 28.7 Å². The molecule has 2 atom stereocenters. The van der Waals surface area contributed by atoms with E-state index in [0.29, 0.717) is 42.7 Å².